The lowest BCUT2D eigenvalue weighted by Crippen LogP contribution is -2.56. The Kier molecular flexibility index (Phi) is 5.04. The van der Waals surface area contributed by atoms with Gasteiger partial charge < -0.3 is 4.74 Å². The van der Waals surface area contributed by atoms with Crippen LogP contribution in [-0.2, 0) is 19.9 Å². The molecule has 0 spiro atoms. The van der Waals surface area contributed by atoms with Gasteiger partial charge >= 0.3 is 0 Å². The van der Waals surface area contributed by atoms with Gasteiger partial charge in [-0.2, -0.15) is 4.31 Å². The topological polar surface area (TPSA) is 80.8 Å². The predicted molar refractivity (Wildman–Crippen MR) is 98.9 cm³/mol. The maximum Gasteiger partial charge on any atom is 0.246 e. The van der Waals surface area contributed by atoms with E-state index in [9.17, 15) is 16.8 Å². The first-order valence-corrected chi connectivity index (χ1v) is 11.2. The molecule has 0 N–H and O–H groups in total. The van der Waals surface area contributed by atoms with Crippen molar-refractivity contribution in [3.8, 4) is 5.75 Å². The van der Waals surface area contributed by atoms with E-state index >= 15 is 0 Å². The number of sulfone groups is 1. The fourth-order valence-electron chi connectivity index (χ4n) is 2.73. The Bertz CT molecular complexity index is 1030. The molecule has 0 aromatic heterocycles. The van der Waals surface area contributed by atoms with Gasteiger partial charge in [0.25, 0.3) is 0 Å². The Labute approximate surface area is 158 Å². The summed E-state index contributed by atoms with van der Waals surface area (Å²) < 4.78 is 57.2. The van der Waals surface area contributed by atoms with Crippen molar-refractivity contribution >= 4 is 31.5 Å². The smallest absolute Gasteiger partial charge is 0.246 e. The first-order chi connectivity index (χ1) is 12.2. The molecule has 1 heterocycles. The molecule has 0 saturated carbocycles. The van der Waals surface area contributed by atoms with Crippen molar-refractivity contribution < 1.29 is 21.6 Å². The van der Waals surface area contributed by atoms with Crippen LogP contribution in [0.1, 0.15) is 5.56 Å². The molecule has 1 aliphatic rings. The highest BCUT2D eigenvalue weighted by molar-refractivity contribution is 7.92. The molecule has 3 rings (SSSR count). The van der Waals surface area contributed by atoms with E-state index in [2.05, 4.69) is 0 Å². The lowest BCUT2D eigenvalue weighted by molar-refractivity contribution is 0.307. The summed E-state index contributed by atoms with van der Waals surface area (Å²) in [4.78, 5) is 0.180. The quantitative estimate of drug-likeness (QED) is 0.749. The van der Waals surface area contributed by atoms with Crippen LogP contribution in [0.25, 0.3) is 0 Å². The number of hydrogen-bond acceptors (Lipinski definition) is 5. The molecule has 2 aromatic rings. The van der Waals surface area contributed by atoms with Gasteiger partial charge in [-0.3, -0.25) is 0 Å². The van der Waals surface area contributed by atoms with E-state index in [0.717, 1.165) is 9.87 Å². The zero-order chi connectivity index (χ0) is 19.1. The van der Waals surface area contributed by atoms with Gasteiger partial charge in [0.2, 0.25) is 10.0 Å². The molecule has 1 fully saturated rings. The van der Waals surface area contributed by atoms with E-state index in [1.54, 1.807) is 19.1 Å². The van der Waals surface area contributed by atoms with E-state index in [1.807, 2.05) is 0 Å². The zero-order valence-electron chi connectivity index (χ0n) is 14.2. The van der Waals surface area contributed by atoms with Crippen LogP contribution in [0.2, 0.25) is 5.02 Å². The second kappa shape index (κ2) is 6.84. The molecule has 0 bridgehead atoms. The second-order valence-corrected chi connectivity index (χ2v) is 10.7. The van der Waals surface area contributed by atoms with Crippen LogP contribution in [0.5, 0.6) is 5.75 Å². The van der Waals surface area contributed by atoms with Gasteiger partial charge in [-0.1, -0.05) is 17.7 Å². The molecule has 1 aliphatic heterocycles. The van der Waals surface area contributed by atoms with E-state index < -0.39 is 25.1 Å². The summed E-state index contributed by atoms with van der Waals surface area (Å²) in [5, 5.41) is -0.345. The Morgan fingerprint density at radius 3 is 2.23 bits per heavy atom. The van der Waals surface area contributed by atoms with Gasteiger partial charge in [-0.15, -0.1) is 0 Å². The number of nitrogens with zero attached hydrogens (tertiary/aromatic N) is 1. The highest BCUT2D eigenvalue weighted by Gasteiger charge is 2.44. The van der Waals surface area contributed by atoms with Crippen molar-refractivity contribution in [1.29, 1.82) is 0 Å². The van der Waals surface area contributed by atoms with E-state index in [-0.39, 0.29) is 28.6 Å². The van der Waals surface area contributed by atoms with Crippen molar-refractivity contribution in [2.45, 2.75) is 22.0 Å². The standard InChI is InChI=1S/C17H18ClNO5S2/c1-12-3-8-16(24-2)17(9-12)26(22,23)19-10-15(11-19)25(20,21)14-6-4-13(18)5-7-14/h3-9,15H,10-11H2,1-2H3. The number of methoxy groups -OCH3 is 1. The van der Waals surface area contributed by atoms with Crippen LogP contribution >= 0.6 is 11.6 Å². The summed E-state index contributed by atoms with van der Waals surface area (Å²) in [6, 6.07) is 10.7. The Balaban J connectivity index is 1.83. The van der Waals surface area contributed by atoms with Crippen molar-refractivity contribution in [2.24, 2.45) is 0 Å². The summed E-state index contributed by atoms with van der Waals surface area (Å²) in [5.41, 5.74) is 0.773. The molecule has 0 aliphatic carbocycles. The number of aryl methyl sites for hydroxylation is 1. The fraction of sp³-hybridized carbons (Fsp3) is 0.294. The molecule has 0 unspecified atom stereocenters. The molecule has 0 amide bonds. The molecule has 1 saturated heterocycles. The van der Waals surface area contributed by atoms with Gasteiger partial charge in [0.1, 0.15) is 10.6 Å². The summed E-state index contributed by atoms with van der Waals surface area (Å²) in [5.74, 6) is 0.236. The molecule has 0 atom stereocenters. The van der Waals surface area contributed by atoms with Gasteiger partial charge in [-0.05, 0) is 48.9 Å². The minimum atomic E-state index is -3.83. The normalized spacial score (nSPS) is 16.3. The van der Waals surface area contributed by atoms with Crippen LogP contribution in [0, 0.1) is 6.92 Å². The molecule has 0 radical (unpaired) electrons. The average Bonchev–Trinajstić information content (AvgIpc) is 2.53. The van der Waals surface area contributed by atoms with Gasteiger partial charge in [-0.25, -0.2) is 16.8 Å². The van der Waals surface area contributed by atoms with Crippen molar-refractivity contribution in [1.82, 2.24) is 4.31 Å². The summed E-state index contributed by atoms with van der Waals surface area (Å²) in [6.07, 6.45) is 0. The van der Waals surface area contributed by atoms with Crippen LogP contribution < -0.4 is 4.74 Å². The first-order valence-electron chi connectivity index (χ1n) is 7.80. The highest BCUT2D eigenvalue weighted by atomic mass is 35.5. The van der Waals surface area contributed by atoms with E-state index in [4.69, 9.17) is 16.3 Å². The summed E-state index contributed by atoms with van der Waals surface area (Å²) >= 11 is 5.79. The van der Waals surface area contributed by atoms with Gasteiger partial charge in [0.15, 0.2) is 9.84 Å². The third kappa shape index (κ3) is 3.34. The summed E-state index contributed by atoms with van der Waals surface area (Å²) in [6.45, 7) is 1.59. The SMILES string of the molecule is COc1ccc(C)cc1S(=O)(=O)N1CC(S(=O)(=O)c2ccc(Cl)cc2)C1. The molecule has 26 heavy (non-hydrogen) atoms. The third-order valence-corrected chi connectivity index (χ3v) is 8.54. The van der Waals surface area contributed by atoms with E-state index in [1.165, 1.54) is 37.4 Å². The number of hydrogen-bond donors (Lipinski definition) is 0. The van der Waals surface area contributed by atoms with E-state index in [0.29, 0.717) is 5.02 Å². The predicted octanol–water partition coefficient (Wildman–Crippen LogP) is 2.50. The molecule has 2 aromatic carbocycles. The van der Waals surface area contributed by atoms with Crippen molar-refractivity contribution in [3.63, 3.8) is 0 Å². The first kappa shape index (κ1) is 19.2. The largest absolute Gasteiger partial charge is 0.495 e. The fourth-order valence-corrected chi connectivity index (χ4v) is 6.47. The number of ether oxygens (including phenoxy) is 1. The highest BCUT2D eigenvalue weighted by Crippen LogP contribution is 2.33. The Morgan fingerprint density at radius 1 is 1.04 bits per heavy atom. The molecular formula is C17H18ClNO5S2. The summed E-state index contributed by atoms with van der Waals surface area (Å²) in [7, 11) is -6.04. The minimum Gasteiger partial charge on any atom is -0.495 e. The van der Waals surface area contributed by atoms with Crippen LogP contribution in [0.3, 0.4) is 0 Å². The molecular weight excluding hydrogens is 398 g/mol. The molecule has 6 nitrogen and oxygen atoms in total. The molecule has 9 heteroatoms. The van der Waals surface area contributed by atoms with Crippen LogP contribution in [0.15, 0.2) is 52.3 Å². The van der Waals surface area contributed by atoms with Crippen LogP contribution in [0.4, 0.5) is 0 Å². The number of sulfonamides is 1. The lowest BCUT2D eigenvalue weighted by atomic mass is 10.2. The molecule has 140 valence electrons. The van der Waals surface area contributed by atoms with Crippen molar-refractivity contribution in [2.75, 3.05) is 20.2 Å². The average molecular weight is 416 g/mol. The zero-order valence-corrected chi connectivity index (χ0v) is 16.6. The number of rotatable bonds is 5. The number of halogens is 1. The van der Waals surface area contributed by atoms with Gasteiger partial charge in [0, 0.05) is 18.1 Å². The second-order valence-electron chi connectivity index (χ2n) is 6.10. The lowest BCUT2D eigenvalue weighted by Gasteiger charge is -2.37. The number of benzene rings is 2. The maximum atomic E-state index is 12.8. The van der Waals surface area contributed by atoms with Gasteiger partial charge in [0.05, 0.1) is 17.3 Å². The minimum absolute atomic E-state index is 0.0438. The maximum absolute atomic E-state index is 12.8. The monoisotopic (exact) mass is 415 g/mol. The van der Waals surface area contributed by atoms with Crippen LogP contribution in [-0.4, -0.2) is 46.6 Å². The van der Waals surface area contributed by atoms with Crippen molar-refractivity contribution in [3.05, 3.63) is 53.1 Å². The third-order valence-electron chi connectivity index (χ3n) is 4.33. The Morgan fingerprint density at radius 2 is 1.65 bits per heavy atom. The Hall–Kier alpha value is -1.61.